The highest BCUT2D eigenvalue weighted by Crippen LogP contribution is 2.31. The van der Waals surface area contributed by atoms with Crippen molar-refractivity contribution in [3.63, 3.8) is 0 Å². The second-order valence-corrected chi connectivity index (χ2v) is 9.24. The number of pyridine rings is 1. The second-order valence-electron chi connectivity index (χ2n) is 9.24. The molecule has 1 atom stereocenters. The summed E-state index contributed by atoms with van der Waals surface area (Å²) in [5.41, 5.74) is 2.13. The minimum atomic E-state index is -0.613. The molecule has 4 rings (SSSR count). The number of hydrogen-bond donors (Lipinski definition) is 1. The number of nitrogens with zero attached hydrogens (tertiary/aromatic N) is 2. The van der Waals surface area contributed by atoms with Crippen LogP contribution in [0, 0.1) is 0 Å². The van der Waals surface area contributed by atoms with E-state index in [1.54, 1.807) is 36.4 Å². The van der Waals surface area contributed by atoms with Crippen LogP contribution in [0.3, 0.4) is 0 Å². The molecule has 2 aromatic carbocycles. The Bertz CT molecular complexity index is 1240. The largest absolute Gasteiger partial charge is 0.497 e. The van der Waals surface area contributed by atoms with Gasteiger partial charge in [0, 0.05) is 43.0 Å². The molecule has 1 fully saturated rings. The van der Waals surface area contributed by atoms with Gasteiger partial charge in [-0.2, -0.15) is 0 Å². The lowest BCUT2D eigenvalue weighted by Crippen LogP contribution is -2.48. The quantitative estimate of drug-likeness (QED) is 0.397. The number of ether oxygens (including phenoxy) is 4. The molecule has 0 bridgehead atoms. The number of benzene rings is 2. The maximum Gasteiger partial charge on any atom is 0.255 e. The zero-order valence-electron chi connectivity index (χ0n) is 22.6. The van der Waals surface area contributed by atoms with Crippen LogP contribution in [0.2, 0.25) is 0 Å². The fourth-order valence-corrected chi connectivity index (χ4v) is 4.58. The number of methoxy groups -OCH3 is 3. The number of carbonyl (C=O) groups excluding carboxylic acids is 2. The molecular weight excluding hydrogens is 498 g/mol. The molecular formula is C30H35N3O6. The lowest BCUT2D eigenvalue weighted by Gasteiger charge is -2.30. The van der Waals surface area contributed by atoms with Gasteiger partial charge in [0.05, 0.1) is 27.9 Å². The van der Waals surface area contributed by atoms with Crippen molar-refractivity contribution in [2.24, 2.45) is 0 Å². The third-order valence-corrected chi connectivity index (χ3v) is 6.66. The Morgan fingerprint density at radius 1 is 0.974 bits per heavy atom. The molecule has 1 aliphatic rings. The van der Waals surface area contributed by atoms with Gasteiger partial charge in [0.15, 0.2) is 11.5 Å². The highest BCUT2D eigenvalue weighted by Gasteiger charge is 2.32. The van der Waals surface area contributed by atoms with E-state index in [2.05, 4.69) is 10.3 Å². The molecule has 2 amide bonds. The standard InChI is InChI=1S/C30H35N3O6/c1-36-24-17-22(18-25(19-24)37-2)30(35)33(26-9-5-7-14-32-29(26)34)20-21-10-11-27(28(16-21)38-3)39-15-12-23-8-4-6-13-31-23/h4,6,8,10-11,13,16-19,26H,5,7,9,12,14-15,20H2,1-3H3,(H,32,34)/t26-/m0/s1. The van der Waals surface area contributed by atoms with Crippen molar-refractivity contribution in [1.82, 2.24) is 15.2 Å². The normalized spacial score (nSPS) is 15.1. The molecule has 0 radical (unpaired) electrons. The predicted molar refractivity (Wildman–Crippen MR) is 146 cm³/mol. The highest BCUT2D eigenvalue weighted by atomic mass is 16.5. The van der Waals surface area contributed by atoms with Crippen LogP contribution < -0.4 is 24.3 Å². The van der Waals surface area contributed by atoms with Gasteiger partial charge < -0.3 is 29.2 Å². The third kappa shape index (κ3) is 7.19. The summed E-state index contributed by atoms with van der Waals surface area (Å²) in [5, 5.41) is 2.95. The number of rotatable bonds is 11. The van der Waals surface area contributed by atoms with Gasteiger partial charge in [-0.15, -0.1) is 0 Å². The van der Waals surface area contributed by atoms with Gasteiger partial charge in [-0.05, 0) is 61.2 Å². The molecule has 1 aliphatic heterocycles. The number of aromatic nitrogens is 1. The van der Waals surface area contributed by atoms with Gasteiger partial charge in [0.1, 0.15) is 17.5 Å². The fraction of sp³-hybridized carbons (Fsp3) is 0.367. The first kappa shape index (κ1) is 27.8. The van der Waals surface area contributed by atoms with Gasteiger partial charge >= 0.3 is 0 Å². The summed E-state index contributed by atoms with van der Waals surface area (Å²) in [6.45, 7) is 1.25. The minimum Gasteiger partial charge on any atom is -0.497 e. The maximum atomic E-state index is 13.9. The molecule has 3 aromatic rings. The Morgan fingerprint density at radius 3 is 2.46 bits per heavy atom. The van der Waals surface area contributed by atoms with Gasteiger partial charge in [-0.25, -0.2) is 0 Å². The summed E-state index contributed by atoms with van der Waals surface area (Å²) in [7, 11) is 4.65. The van der Waals surface area contributed by atoms with E-state index in [0.717, 1.165) is 24.1 Å². The van der Waals surface area contributed by atoms with Crippen LogP contribution in [-0.4, -0.2) is 62.2 Å². The first-order chi connectivity index (χ1) is 19.0. The SMILES string of the molecule is COc1cc(OC)cc(C(=O)N(Cc2ccc(OCCc3ccccn3)c(OC)c2)[C@H]2CCCCNC2=O)c1. The van der Waals surface area contributed by atoms with Crippen molar-refractivity contribution in [3.8, 4) is 23.0 Å². The number of nitrogens with one attached hydrogen (secondary N) is 1. The predicted octanol–water partition coefficient (Wildman–Crippen LogP) is 4.04. The molecule has 0 spiro atoms. The van der Waals surface area contributed by atoms with Crippen LogP contribution in [0.25, 0.3) is 0 Å². The van der Waals surface area contributed by atoms with Crippen LogP contribution in [-0.2, 0) is 17.8 Å². The van der Waals surface area contributed by atoms with Crippen LogP contribution in [0.1, 0.15) is 40.9 Å². The average molecular weight is 534 g/mol. The van der Waals surface area contributed by atoms with E-state index >= 15 is 0 Å². The Morgan fingerprint density at radius 2 is 1.77 bits per heavy atom. The molecule has 9 heteroatoms. The molecule has 2 heterocycles. The van der Waals surface area contributed by atoms with Gasteiger partial charge in [0.25, 0.3) is 5.91 Å². The van der Waals surface area contributed by atoms with E-state index in [1.165, 1.54) is 14.2 Å². The molecule has 9 nitrogen and oxygen atoms in total. The number of amides is 2. The fourth-order valence-electron chi connectivity index (χ4n) is 4.58. The van der Waals surface area contributed by atoms with Crippen LogP contribution in [0.15, 0.2) is 60.8 Å². The maximum absolute atomic E-state index is 13.9. The Hall–Kier alpha value is -4.27. The molecule has 1 aromatic heterocycles. The lowest BCUT2D eigenvalue weighted by atomic mass is 10.0. The molecule has 206 valence electrons. The van der Waals surface area contributed by atoms with E-state index < -0.39 is 6.04 Å². The zero-order chi connectivity index (χ0) is 27.6. The molecule has 0 aliphatic carbocycles. The van der Waals surface area contributed by atoms with E-state index in [9.17, 15) is 9.59 Å². The molecule has 39 heavy (non-hydrogen) atoms. The average Bonchev–Trinajstić information content (AvgIpc) is 3.20. The smallest absolute Gasteiger partial charge is 0.255 e. The number of carbonyl (C=O) groups is 2. The molecule has 1 saturated heterocycles. The van der Waals surface area contributed by atoms with Crippen molar-refractivity contribution >= 4 is 11.8 Å². The Balaban J connectivity index is 1.58. The molecule has 0 unspecified atom stereocenters. The van der Waals surface area contributed by atoms with E-state index in [1.807, 2.05) is 36.4 Å². The highest BCUT2D eigenvalue weighted by molar-refractivity contribution is 5.98. The first-order valence-electron chi connectivity index (χ1n) is 13.0. The van der Waals surface area contributed by atoms with Crippen LogP contribution in [0.4, 0.5) is 0 Å². The second kappa shape index (κ2) is 13.5. The van der Waals surface area contributed by atoms with Crippen LogP contribution in [0.5, 0.6) is 23.0 Å². The summed E-state index contributed by atoms with van der Waals surface area (Å²) in [5.74, 6) is 1.70. The summed E-state index contributed by atoms with van der Waals surface area (Å²) < 4.78 is 22.3. The monoisotopic (exact) mass is 533 g/mol. The third-order valence-electron chi connectivity index (χ3n) is 6.66. The van der Waals surface area contributed by atoms with Gasteiger partial charge in [0.2, 0.25) is 5.91 Å². The summed E-state index contributed by atoms with van der Waals surface area (Å²) in [6.07, 6.45) is 4.70. The summed E-state index contributed by atoms with van der Waals surface area (Å²) in [6, 6.07) is 15.8. The number of hydrogen-bond acceptors (Lipinski definition) is 7. The Kier molecular flexibility index (Phi) is 9.61. The lowest BCUT2D eigenvalue weighted by molar-refractivity contribution is -0.125. The first-order valence-corrected chi connectivity index (χ1v) is 13.0. The Labute approximate surface area is 229 Å². The minimum absolute atomic E-state index is 0.155. The van der Waals surface area contributed by atoms with E-state index in [-0.39, 0.29) is 18.4 Å². The topological polar surface area (TPSA) is 99.2 Å². The molecule has 1 N–H and O–H groups in total. The summed E-state index contributed by atoms with van der Waals surface area (Å²) >= 11 is 0. The van der Waals surface area contributed by atoms with Crippen molar-refractivity contribution < 1.29 is 28.5 Å². The van der Waals surface area contributed by atoms with Gasteiger partial charge in [-0.3, -0.25) is 14.6 Å². The van der Waals surface area contributed by atoms with E-state index in [4.69, 9.17) is 18.9 Å². The van der Waals surface area contributed by atoms with Crippen molar-refractivity contribution in [3.05, 3.63) is 77.6 Å². The van der Waals surface area contributed by atoms with Crippen molar-refractivity contribution in [1.29, 1.82) is 0 Å². The molecule has 0 saturated carbocycles. The van der Waals surface area contributed by atoms with E-state index in [0.29, 0.717) is 54.6 Å². The summed E-state index contributed by atoms with van der Waals surface area (Å²) in [4.78, 5) is 32.9. The van der Waals surface area contributed by atoms with Crippen LogP contribution >= 0.6 is 0 Å². The van der Waals surface area contributed by atoms with Crippen molar-refractivity contribution in [2.75, 3.05) is 34.5 Å². The van der Waals surface area contributed by atoms with Crippen molar-refractivity contribution in [2.45, 2.75) is 38.3 Å². The zero-order valence-corrected chi connectivity index (χ0v) is 22.6. The van der Waals surface area contributed by atoms with Gasteiger partial charge in [-0.1, -0.05) is 12.1 Å².